The van der Waals surface area contributed by atoms with E-state index in [0.29, 0.717) is 11.8 Å². The van der Waals surface area contributed by atoms with Crippen molar-refractivity contribution in [3.63, 3.8) is 0 Å². The van der Waals surface area contributed by atoms with E-state index in [9.17, 15) is 14.9 Å². The largest absolute Gasteiger partial charge is 0.477 e. The number of pyridine rings is 1. The molecule has 1 aliphatic carbocycles. The van der Waals surface area contributed by atoms with Crippen molar-refractivity contribution in [2.75, 3.05) is 0 Å². The summed E-state index contributed by atoms with van der Waals surface area (Å²) >= 11 is 0. The van der Waals surface area contributed by atoms with Crippen LogP contribution in [-0.4, -0.2) is 27.1 Å². The lowest BCUT2D eigenvalue weighted by Gasteiger charge is -2.31. The van der Waals surface area contributed by atoms with Gasteiger partial charge in [-0.1, -0.05) is 13.8 Å². The second-order valence-corrected chi connectivity index (χ2v) is 5.59. The van der Waals surface area contributed by atoms with E-state index >= 15 is 0 Å². The second kappa shape index (κ2) is 6.07. The smallest absolute Gasteiger partial charge is 0.354 e. The average molecular weight is 294 g/mol. The van der Waals surface area contributed by atoms with Gasteiger partial charge in [0.2, 0.25) is 0 Å². The molecule has 1 N–H and O–H groups in total. The molecule has 0 aliphatic heterocycles. The summed E-state index contributed by atoms with van der Waals surface area (Å²) in [7, 11) is 0. The van der Waals surface area contributed by atoms with Crippen LogP contribution >= 0.6 is 0 Å². The van der Waals surface area contributed by atoms with Crippen LogP contribution in [0.4, 0.5) is 5.69 Å². The third-order valence-corrected chi connectivity index (χ3v) is 4.08. The summed E-state index contributed by atoms with van der Waals surface area (Å²) < 4.78 is 5.64. The van der Waals surface area contributed by atoms with Gasteiger partial charge in [0.05, 0.1) is 4.92 Å². The third kappa shape index (κ3) is 3.48. The molecule has 7 heteroatoms. The van der Waals surface area contributed by atoms with Crippen LogP contribution in [-0.2, 0) is 0 Å². The van der Waals surface area contributed by atoms with Gasteiger partial charge in [-0.3, -0.25) is 10.1 Å². The van der Waals surface area contributed by atoms with Crippen molar-refractivity contribution in [2.45, 2.75) is 39.2 Å². The molecular weight excluding hydrogens is 276 g/mol. The Labute approximate surface area is 122 Å². The molecular formula is C14H18N2O5. The van der Waals surface area contributed by atoms with Gasteiger partial charge in [-0.15, -0.1) is 0 Å². The molecule has 0 radical (unpaired) electrons. The van der Waals surface area contributed by atoms with Crippen molar-refractivity contribution in [1.29, 1.82) is 0 Å². The van der Waals surface area contributed by atoms with Gasteiger partial charge in [-0.25, -0.2) is 9.78 Å². The lowest BCUT2D eigenvalue weighted by Crippen LogP contribution is -2.29. The van der Waals surface area contributed by atoms with E-state index in [1.54, 1.807) is 0 Å². The molecule has 0 spiro atoms. The Balaban J connectivity index is 2.23. The number of nitro groups is 1. The standard InChI is InChI=1S/C14H18N2O5/c1-8-3-4-10(7-9(8)2)21-13-12(16(19)20)6-5-11(15-13)14(17)18/h5-6,8-10H,3-4,7H2,1-2H3,(H,17,18). The number of carboxylic acid groups (broad SMARTS) is 1. The fourth-order valence-corrected chi connectivity index (χ4v) is 2.54. The lowest BCUT2D eigenvalue weighted by molar-refractivity contribution is -0.386. The van der Waals surface area contributed by atoms with Gasteiger partial charge in [0, 0.05) is 6.07 Å². The summed E-state index contributed by atoms with van der Waals surface area (Å²) in [5.74, 6) is -0.379. The van der Waals surface area contributed by atoms with Gasteiger partial charge in [0.15, 0.2) is 5.69 Å². The molecule has 1 heterocycles. The SMILES string of the molecule is CC1CCC(Oc2nc(C(=O)O)ccc2[N+](=O)[O-])CC1C. The summed E-state index contributed by atoms with van der Waals surface area (Å²) in [6.07, 6.45) is 2.41. The first-order valence-electron chi connectivity index (χ1n) is 6.94. The van der Waals surface area contributed by atoms with Crippen molar-refractivity contribution < 1.29 is 19.6 Å². The zero-order valence-corrected chi connectivity index (χ0v) is 12.0. The number of carbonyl (C=O) groups is 1. The Bertz CT molecular complexity index is 560. The van der Waals surface area contributed by atoms with Crippen LogP contribution in [0.3, 0.4) is 0 Å². The predicted molar refractivity (Wildman–Crippen MR) is 74.4 cm³/mol. The molecule has 1 aliphatic rings. The minimum absolute atomic E-state index is 0.161. The molecule has 1 aromatic heterocycles. The van der Waals surface area contributed by atoms with E-state index in [1.807, 2.05) is 0 Å². The molecule has 114 valence electrons. The Morgan fingerprint density at radius 2 is 2.10 bits per heavy atom. The Kier molecular flexibility index (Phi) is 4.40. The fourth-order valence-electron chi connectivity index (χ4n) is 2.54. The van der Waals surface area contributed by atoms with Crippen molar-refractivity contribution in [3.05, 3.63) is 27.9 Å². The first-order valence-corrected chi connectivity index (χ1v) is 6.94. The van der Waals surface area contributed by atoms with Crippen LogP contribution in [0.15, 0.2) is 12.1 Å². The average Bonchev–Trinajstić information content (AvgIpc) is 2.42. The Morgan fingerprint density at radius 1 is 1.38 bits per heavy atom. The number of rotatable bonds is 4. The summed E-state index contributed by atoms with van der Waals surface area (Å²) in [6.45, 7) is 4.29. The number of hydrogen-bond donors (Lipinski definition) is 1. The summed E-state index contributed by atoms with van der Waals surface area (Å²) in [4.78, 5) is 25.1. The molecule has 21 heavy (non-hydrogen) atoms. The minimum atomic E-state index is -1.24. The normalized spacial score (nSPS) is 25.3. The summed E-state index contributed by atoms with van der Waals surface area (Å²) in [5.41, 5.74) is -0.556. The quantitative estimate of drug-likeness (QED) is 0.676. The van der Waals surface area contributed by atoms with Crippen molar-refractivity contribution in [1.82, 2.24) is 4.98 Å². The second-order valence-electron chi connectivity index (χ2n) is 5.59. The number of nitrogens with zero attached hydrogens (tertiary/aromatic N) is 2. The van der Waals surface area contributed by atoms with E-state index in [0.717, 1.165) is 31.4 Å². The van der Waals surface area contributed by atoms with Crippen LogP contribution < -0.4 is 4.74 Å². The number of aromatic carboxylic acids is 1. The highest BCUT2D eigenvalue weighted by molar-refractivity contribution is 5.85. The summed E-state index contributed by atoms with van der Waals surface area (Å²) in [6, 6.07) is 2.24. The number of aromatic nitrogens is 1. The van der Waals surface area contributed by atoms with Crippen molar-refractivity contribution in [2.24, 2.45) is 11.8 Å². The maximum atomic E-state index is 11.0. The molecule has 2 rings (SSSR count). The van der Waals surface area contributed by atoms with Crippen LogP contribution in [0.1, 0.15) is 43.6 Å². The van der Waals surface area contributed by atoms with E-state index in [2.05, 4.69) is 18.8 Å². The molecule has 7 nitrogen and oxygen atoms in total. The maximum Gasteiger partial charge on any atom is 0.354 e. The van der Waals surface area contributed by atoms with Crippen LogP contribution in [0.5, 0.6) is 5.88 Å². The molecule has 0 amide bonds. The van der Waals surface area contributed by atoms with E-state index in [1.165, 1.54) is 0 Å². The van der Waals surface area contributed by atoms with Gasteiger partial charge in [-0.2, -0.15) is 0 Å². The number of carboxylic acids is 1. The molecule has 3 unspecified atom stereocenters. The zero-order chi connectivity index (χ0) is 15.6. The third-order valence-electron chi connectivity index (χ3n) is 4.08. The Morgan fingerprint density at radius 3 is 2.67 bits per heavy atom. The minimum Gasteiger partial charge on any atom is -0.477 e. The molecule has 3 atom stereocenters. The van der Waals surface area contributed by atoms with Crippen LogP contribution in [0.25, 0.3) is 0 Å². The lowest BCUT2D eigenvalue weighted by atomic mass is 9.80. The summed E-state index contributed by atoms with van der Waals surface area (Å²) in [5, 5.41) is 19.9. The van der Waals surface area contributed by atoms with E-state index < -0.39 is 10.9 Å². The highest BCUT2D eigenvalue weighted by atomic mass is 16.6. The van der Waals surface area contributed by atoms with Crippen LogP contribution in [0.2, 0.25) is 0 Å². The molecule has 1 fully saturated rings. The molecule has 1 saturated carbocycles. The number of hydrogen-bond acceptors (Lipinski definition) is 5. The van der Waals surface area contributed by atoms with E-state index in [4.69, 9.17) is 9.84 Å². The molecule has 0 saturated heterocycles. The fraction of sp³-hybridized carbons (Fsp3) is 0.571. The zero-order valence-electron chi connectivity index (χ0n) is 12.0. The predicted octanol–water partition coefficient (Wildman–Crippen LogP) is 2.89. The molecule has 1 aromatic rings. The van der Waals surface area contributed by atoms with Gasteiger partial charge in [0.25, 0.3) is 5.88 Å². The first kappa shape index (κ1) is 15.2. The molecule has 0 bridgehead atoms. The van der Waals surface area contributed by atoms with Crippen molar-refractivity contribution >= 4 is 11.7 Å². The topological polar surface area (TPSA) is 103 Å². The Hall–Kier alpha value is -2.18. The highest BCUT2D eigenvalue weighted by Gasteiger charge is 2.29. The highest BCUT2D eigenvalue weighted by Crippen LogP contribution is 2.33. The monoisotopic (exact) mass is 294 g/mol. The van der Waals surface area contributed by atoms with Gasteiger partial charge in [0.1, 0.15) is 6.10 Å². The van der Waals surface area contributed by atoms with Gasteiger partial charge >= 0.3 is 11.7 Å². The van der Waals surface area contributed by atoms with Crippen molar-refractivity contribution in [3.8, 4) is 5.88 Å². The maximum absolute atomic E-state index is 11.0. The van der Waals surface area contributed by atoms with Crippen LogP contribution in [0, 0.1) is 22.0 Å². The van der Waals surface area contributed by atoms with Gasteiger partial charge < -0.3 is 9.84 Å². The molecule has 0 aromatic carbocycles. The first-order chi connectivity index (χ1) is 9.88. The van der Waals surface area contributed by atoms with E-state index in [-0.39, 0.29) is 23.4 Å². The number of ether oxygens (including phenoxy) is 1. The van der Waals surface area contributed by atoms with Gasteiger partial charge in [-0.05, 0) is 37.2 Å².